The highest BCUT2D eigenvalue weighted by Gasteiger charge is 2.05. The van der Waals surface area contributed by atoms with E-state index in [1.165, 1.54) is 0 Å². The molecule has 0 aliphatic heterocycles. The molecule has 8 heteroatoms. The summed E-state index contributed by atoms with van der Waals surface area (Å²) < 4.78 is 6.74. The van der Waals surface area contributed by atoms with Gasteiger partial charge >= 0.3 is 0 Å². The molecule has 0 bridgehead atoms. The molecule has 0 saturated heterocycles. The first-order valence-corrected chi connectivity index (χ1v) is 7.06. The Morgan fingerprint density at radius 3 is 3.06 bits per heavy atom. The number of thioether (sulfide) groups is 1. The number of unbranched alkanes of at least 4 members (excludes halogenated alkanes) is 1. The molecule has 18 heavy (non-hydrogen) atoms. The van der Waals surface area contributed by atoms with Crippen molar-refractivity contribution in [3.8, 4) is 0 Å². The number of hydrogen-bond acceptors (Lipinski definition) is 7. The molecular formula is C10H21N5O2S. The van der Waals surface area contributed by atoms with E-state index in [2.05, 4.69) is 20.8 Å². The Balaban J connectivity index is 2.18. The molecule has 1 rings (SSSR count). The highest BCUT2D eigenvalue weighted by atomic mass is 32.2. The summed E-state index contributed by atoms with van der Waals surface area (Å²) in [5.41, 5.74) is 0. The molecule has 0 atom stereocenters. The lowest BCUT2D eigenvalue weighted by molar-refractivity contribution is 0.199. The second-order valence-corrected chi connectivity index (χ2v) is 4.77. The molecule has 0 spiro atoms. The van der Waals surface area contributed by atoms with Gasteiger partial charge in [-0.3, -0.25) is 0 Å². The second-order valence-electron chi connectivity index (χ2n) is 3.71. The summed E-state index contributed by atoms with van der Waals surface area (Å²) in [6.07, 6.45) is 1.80. The zero-order valence-electron chi connectivity index (χ0n) is 10.7. The third-order valence-electron chi connectivity index (χ3n) is 2.27. The van der Waals surface area contributed by atoms with Crippen LogP contribution in [-0.2, 0) is 11.3 Å². The maximum Gasteiger partial charge on any atom is 0.209 e. The van der Waals surface area contributed by atoms with Gasteiger partial charge in [0.25, 0.3) is 0 Å². The maximum atomic E-state index is 8.69. The van der Waals surface area contributed by atoms with Crippen molar-refractivity contribution in [2.45, 2.75) is 24.5 Å². The van der Waals surface area contributed by atoms with Crippen LogP contribution in [0, 0.1) is 0 Å². The van der Waals surface area contributed by atoms with Gasteiger partial charge in [0.2, 0.25) is 5.16 Å². The molecule has 0 aliphatic carbocycles. The van der Waals surface area contributed by atoms with Crippen LogP contribution in [0.1, 0.15) is 12.8 Å². The van der Waals surface area contributed by atoms with Crippen molar-refractivity contribution < 1.29 is 9.84 Å². The van der Waals surface area contributed by atoms with E-state index < -0.39 is 0 Å². The van der Waals surface area contributed by atoms with Crippen molar-refractivity contribution in [1.29, 1.82) is 0 Å². The minimum absolute atomic E-state index is 0.245. The lowest BCUT2D eigenvalue weighted by Crippen LogP contribution is -2.24. The number of methoxy groups -OCH3 is 1. The topological polar surface area (TPSA) is 85.1 Å². The molecule has 0 unspecified atom stereocenters. The molecule has 1 aromatic heterocycles. The van der Waals surface area contributed by atoms with E-state index >= 15 is 0 Å². The molecule has 1 aromatic rings. The minimum Gasteiger partial charge on any atom is -0.396 e. The Kier molecular flexibility index (Phi) is 8.74. The summed E-state index contributed by atoms with van der Waals surface area (Å²) in [6, 6.07) is 0. The first kappa shape index (κ1) is 15.4. The molecule has 0 saturated carbocycles. The predicted octanol–water partition coefficient (Wildman–Crippen LogP) is -0.226. The Morgan fingerprint density at radius 1 is 1.39 bits per heavy atom. The molecule has 1 heterocycles. The smallest absolute Gasteiger partial charge is 0.209 e. The zero-order chi connectivity index (χ0) is 13.1. The van der Waals surface area contributed by atoms with E-state index in [9.17, 15) is 0 Å². The first-order chi connectivity index (χ1) is 8.88. The monoisotopic (exact) mass is 275 g/mol. The van der Waals surface area contributed by atoms with Crippen LogP contribution in [0.4, 0.5) is 0 Å². The Bertz CT molecular complexity index is 310. The highest BCUT2D eigenvalue weighted by Crippen LogP contribution is 2.14. The number of aliphatic hydroxyl groups is 1. The normalized spacial score (nSPS) is 11.0. The van der Waals surface area contributed by atoms with Gasteiger partial charge in [-0.2, -0.15) is 0 Å². The van der Waals surface area contributed by atoms with Gasteiger partial charge in [-0.05, 0) is 23.3 Å². The van der Waals surface area contributed by atoms with E-state index in [1.807, 2.05) is 0 Å². The summed E-state index contributed by atoms with van der Waals surface area (Å²) in [7, 11) is 1.68. The van der Waals surface area contributed by atoms with Crippen LogP contribution < -0.4 is 5.32 Å². The lowest BCUT2D eigenvalue weighted by atomic mass is 10.4. The summed E-state index contributed by atoms with van der Waals surface area (Å²) in [5, 5.41) is 24.4. The molecule has 0 fully saturated rings. The average molecular weight is 275 g/mol. The van der Waals surface area contributed by atoms with Gasteiger partial charge in [-0.25, -0.2) is 4.68 Å². The SMILES string of the molecule is COCCNCCn1nnnc1SCCCCO. The number of tetrazole rings is 1. The van der Waals surface area contributed by atoms with E-state index in [0.717, 1.165) is 43.4 Å². The van der Waals surface area contributed by atoms with E-state index in [4.69, 9.17) is 9.84 Å². The Hall–Kier alpha value is -0.700. The van der Waals surface area contributed by atoms with Crippen LogP contribution >= 0.6 is 11.8 Å². The molecule has 104 valence electrons. The third-order valence-corrected chi connectivity index (χ3v) is 3.31. The van der Waals surface area contributed by atoms with Gasteiger partial charge < -0.3 is 15.2 Å². The number of aliphatic hydroxyl groups excluding tert-OH is 1. The van der Waals surface area contributed by atoms with E-state index in [0.29, 0.717) is 6.61 Å². The Morgan fingerprint density at radius 2 is 2.28 bits per heavy atom. The zero-order valence-corrected chi connectivity index (χ0v) is 11.5. The quantitative estimate of drug-likeness (QED) is 0.426. The van der Waals surface area contributed by atoms with Crippen molar-refractivity contribution in [3.05, 3.63) is 0 Å². The molecule has 0 radical (unpaired) electrons. The van der Waals surface area contributed by atoms with Crippen molar-refractivity contribution in [2.24, 2.45) is 0 Å². The van der Waals surface area contributed by atoms with E-state index in [1.54, 1.807) is 23.6 Å². The largest absolute Gasteiger partial charge is 0.396 e. The van der Waals surface area contributed by atoms with Crippen molar-refractivity contribution in [1.82, 2.24) is 25.5 Å². The number of hydrogen-bond donors (Lipinski definition) is 2. The molecular weight excluding hydrogens is 254 g/mol. The lowest BCUT2D eigenvalue weighted by Gasteiger charge is -2.05. The van der Waals surface area contributed by atoms with Crippen LogP contribution in [0.25, 0.3) is 0 Å². The van der Waals surface area contributed by atoms with Gasteiger partial charge in [-0.15, -0.1) is 5.10 Å². The fourth-order valence-corrected chi connectivity index (χ4v) is 2.20. The Labute approximate surface area is 111 Å². The van der Waals surface area contributed by atoms with Gasteiger partial charge in [0.05, 0.1) is 13.2 Å². The van der Waals surface area contributed by atoms with Crippen LogP contribution in [-0.4, -0.2) is 64.5 Å². The van der Waals surface area contributed by atoms with Gasteiger partial charge in [0.15, 0.2) is 0 Å². The first-order valence-electron chi connectivity index (χ1n) is 6.08. The van der Waals surface area contributed by atoms with Gasteiger partial charge in [0.1, 0.15) is 0 Å². The van der Waals surface area contributed by atoms with Gasteiger partial charge in [0, 0.05) is 32.6 Å². The fourth-order valence-electron chi connectivity index (χ4n) is 1.30. The number of nitrogens with one attached hydrogen (secondary N) is 1. The van der Waals surface area contributed by atoms with E-state index in [-0.39, 0.29) is 6.61 Å². The van der Waals surface area contributed by atoms with Crippen molar-refractivity contribution in [2.75, 3.05) is 39.2 Å². The number of aromatic nitrogens is 4. The summed E-state index contributed by atoms with van der Waals surface area (Å²) in [4.78, 5) is 0. The van der Waals surface area contributed by atoms with Crippen LogP contribution in [0.5, 0.6) is 0 Å². The number of nitrogens with zero attached hydrogens (tertiary/aromatic N) is 4. The van der Waals surface area contributed by atoms with Crippen LogP contribution in [0.3, 0.4) is 0 Å². The second kappa shape index (κ2) is 10.2. The molecule has 0 aromatic carbocycles. The van der Waals surface area contributed by atoms with Gasteiger partial charge in [-0.1, -0.05) is 11.8 Å². The third kappa shape index (κ3) is 6.29. The summed E-state index contributed by atoms with van der Waals surface area (Å²) in [5.74, 6) is 0.929. The summed E-state index contributed by atoms with van der Waals surface area (Å²) >= 11 is 1.63. The molecule has 0 amide bonds. The minimum atomic E-state index is 0.245. The van der Waals surface area contributed by atoms with Crippen LogP contribution in [0.15, 0.2) is 5.16 Å². The predicted molar refractivity (Wildman–Crippen MR) is 69.6 cm³/mol. The molecule has 2 N–H and O–H groups in total. The number of rotatable bonds is 11. The average Bonchev–Trinajstić information content (AvgIpc) is 2.82. The highest BCUT2D eigenvalue weighted by molar-refractivity contribution is 7.99. The fraction of sp³-hybridized carbons (Fsp3) is 0.900. The standard InChI is InChI=1S/C10H21N5O2S/c1-17-8-5-11-4-6-15-10(12-13-14-15)18-9-3-2-7-16/h11,16H,2-9H2,1H3. The number of ether oxygens (including phenoxy) is 1. The maximum absolute atomic E-state index is 8.69. The summed E-state index contributed by atoms with van der Waals surface area (Å²) in [6.45, 7) is 3.35. The van der Waals surface area contributed by atoms with Crippen molar-refractivity contribution in [3.63, 3.8) is 0 Å². The molecule has 7 nitrogen and oxygen atoms in total. The van der Waals surface area contributed by atoms with Crippen molar-refractivity contribution >= 4 is 11.8 Å². The van der Waals surface area contributed by atoms with Crippen LogP contribution in [0.2, 0.25) is 0 Å². The molecule has 0 aliphatic rings.